The van der Waals surface area contributed by atoms with Crippen LogP contribution in [0, 0.1) is 30.4 Å². The number of hydrazone groups is 1. The van der Waals surface area contributed by atoms with E-state index in [9.17, 15) is 30.7 Å². The molecule has 0 unspecified atom stereocenters. The van der Waals surface area contributed by atoms with Gasteiger partial charge in [0.15, 0.2) is 23.3 Å². The molecule has 3 nitrogen and oxygen atoms in total. The van der Waals surface area contributed by atoms with Gasteiger partial charge < -0.3 is 4.74 Å². The summed E-state index contributed by atoms with van der Waals surface area (Å²) in [5.41, 5.74) is -1.59. The average Bonchev–Trinajstić information content (AvgIpc) is 2.74. The minimum absolute atomic E-state index is 0.0133. The largest absolute Gasteiger partial charge is 0.487 e. The van der Waals surface area contributed by atoms with E-state index >= 15 is 0 Å². The van der Waals surface area contributed by atoms with Crippen LogP contribution in [0.2, 0.25) is 10.0 Å². The van der Waals surface area contributed by atoms with Crippen molar-refractivity contribution in [1.82, 2.24) is 0 Å². The van der Waals surface area contributed by atoms with Crippen molar-refractivity contribution in [3.8, 4) is 5.75 Å². The zero-order valence-corrected chi connectivity index (χ0v) is 22.5. The Kier molecular flexibility index (Phi) is 9.02. The predicted molar refractivity (Wildman–Crippen MR) is 135 cm³/mol. The van der Waals surface area contributed by atoms with Gasteiger partial charge in [-0.25, -0.2) is 17.6 Å². The van der Waals surface area contributed by atoms with E-state index in [0.29, 0.717) is 22.7 Å². The molecule has 0 aliphatic heterocycles. The van der Waals surface area contributed by atoms with Crippen LogP contribution < -0.4 is 10.2 Å². The maximum absolute atomic E-state index is 14.1. The van der Waals surface area contributed by atoms with E-state index < -0.39 is 40.7 Å². The predicted octanol–water partition coefficient (Wildman–Crippen LogP) is 8.80. The fraction of sp³-hybridized carbons (Fsp3) is 0.0952. The highest BCUT2D eigenvalue weighted by Crippen LogP contribution is 2.38. The topological polar surface area (TPSA) is 33.6 Å². The molecular weight excluding hydrogens is 754 g/mol. The van der Waals surface area contributed by atoms with Gasteiger partial charge in [-0.3, -0.25) is 5.43 Å². The average molecular weight is 763 g/mol. The quantitative estimate of drug-likeness (QED) is 0.0896. The van der Waals surface area contributed by atoms with Crippen LogP contribution >= 0.6 is 68.4 Å². The minimum atomic E-state index is -5.64. The number of alkyl halides is 3. The first kappa shape index (κ1) is 28.1. The molecular formula is C21H9Cl2F7I2N2O. The van der Waals surface area contributed by atoms with E-state index in [-0.39, 0.29) is 17.9 Å². The third kappa shape index (κ3) is 6.43. The van der Waals surface area contributed by atoms with Gasteiger partial charge in [0, 0.05) is 24.7 Å². The molecule has 0 spiro atoms. The summed E-state index contributed by atoms with van der Waals surface area (Å²) in [5.74, 6) is -9.46. The van der Waals surface area contributed by atoms with E-state index in [1.165, 1.54) is 6.07 Å². The van der Waals surface area contributed by atoms with Gasteiger partial charge in [-0.1, -0.05) is 29.3 Å². The Bertz CT molecular complexity index is 1290. The number of hydrogen-bond acceptors (Lipinski definition) is 3. The van der Waals surface area contributed by atoms with E-state index in [1.54, 1.807) is 29.7 Å². The summed E-state index contributed by atoms with van der Waals surface area (Å²) in [6, 6.07) is 8.12. The lowest BCUT2D eigenvalue weighted by Crippen LogP contribution is -2.16. The number of rotatable bonds is 6. The van der Waals surface area contributed by atoms with Crippen LogP contribution in [-0.2, 0) is 12.8 Å². The van der Waals surface area contributed by atoms with Crippen molar-refractivity contribution in [2.24, 2.45) is 5.10 Å². The summed E-state index contributed by atoms with van der Waals surface area (Å²) < 4.78 is 101. The Morgan fingerprint density at radius 1 is 0.943 bits per heavy atom. The summed E-state index contributed by atoms with van der Waals surface area (Å²) in [7, 11) is 0. The fourth-order valence-corrected chi connectivity index (χ4v) is 5.27. The Morgan fingerprint density at radius 3 is 2.14 bits per heavy atom. The first-order valence-electron chi connectivity index (χ1n) is 9.09. The van der Waals surface area contributed by atoms with Crippen molar-refractivity contribution < 1.29 is 35.5 Å². The van der Waals surface area contributed by atoms with Gasteiger partial charge in [-0.05, 0) is 69.4 Å². The Labute approximate surface area is 230 Å². The van der Waals surface area contributed by atoms with Crippen LogP contribution in [0.15, 0.2) is 35.4 Å². The van der Waals surface area contributed by atoms with E-state index in [1.807, 2.05) is 45.2 Å². The van der Waals surface area contributed by atoms with Crippen LogP contribution in [-0.4, -0.2) is 6.21 Å². The number of nitrogens with zero attached hydrogens (tertiary/aromatic N) is 1. The molecule has 0 aliphatic rings. The lowest BCUT2D eigenvalue weighted by molar-refractivity contribution is -0.143. The lowest BCUT2D eigenvalue weighted by atomic mass is 10.1. The summed E-state index contributed by atoms with van der Waals surface area (Å²) in [4.78, 5) is 0. The molecule has 3 aromatic carbocycles. The molecule has 0 heterocycles. The van der Waals surface area contributed by atoms with Gasteiger partial charge >= 0.3 is 6.18 Å². The van der Waals surface area contributed by atoms with Gasteiger partial charge in [0.25, 0.3) is 0 Å². The van der Waals surface area contributed by atoms with Crippen LogP contribution in [0.25, 0.3) is 0 Å². The number of halogens is 11. The third-order valence-corrected chi connectivity index (χ3v) is 6.36. The maximum Gasteiger partial charge on any atom is 0.422 e. The molecule has 0 saturated carbocycles. The van der Waals surface area contributed by atoms with E-state index in [0.717, 1.165) is 6.21 Å². The van der Waals surface area contributed by atoms with Gasteiger partial charge in [0.05, 0.1) is 9.78 Å². The molecule has 1 N–H and O–H groups in total. The molecule has 35 heavy (non-hydrogen) atoms. The van der Waals surface area contributed by atoms with Crippen LogP contribution in [0.5, 0.6) is 5.75 Å². The number of nitrogens with one attached hydrogen (secondary N) is 1. The van der Waals surface area contributed by atoms with Crippen molar-refractivity contribution in [2.45, 2.75) is 12.8 Å². The smallest absolute Gasteiger partial charge is 0.422 e. The minimum Gasteiger partial charge on any atom is -0.487 e. The van der Waals surface area contributed by atoms with E-state index in [4.69, 9.17) is 27.9 Å². The standard InChI is InChI=1S/C21H9Cl2F7I2N2O/c22-10-2-1-8(12(23)4-10)7-35-20-9(3-11(31)5-13(20)32)6-33-34-19-17(26)15(24)14(21(28,29)30)16(25)18(19)27/h1-6,34H,7H2. The number of anilines is 1. The van der Waals surface area contributed by atoms with Gasteiger partial charge in [0.1, 0.15) is 23.6 Å². The molecule has 186 valence electrons. The summed E-state index contributed by atoms with van der Waals surface area (Å²) in [6.45, 7) is 0.0133. The summed E-state index contributed by atoms with van der Waals surface area (Å²) in [6.07, 6.45) is -4.62. The number of benzene rings is 3. The maximum atomic E-state index is 14.1. The van der Waals surface area contributed by atoms with Crippen molar-refractivity contribution in [2.75, 3.05) is 5.43 Å². The zero-order valence-electron chi connectivity index (χ0n) is 16.7. The highest BCUT2D eigenvalue weighted by Gasteiger charge is 2.42. The Hall–Kier alpha value is -1.52. The highest BCUT2D eigenvalue weighted by atomic mass is 127. The van der Waals surface area contributed by atoms with Gasteiger partial charge in [0.2, 0.25) is 0 Å². The van der Waals surface area contributed by atoms with E-state index in [2.05, 4.69) is 5.10 Å². The first-order chi connectivity index (χ1) is 16.3. The first-order valence-corrected chi connectivity index (χ1v) is 12.0. The SMILES string of the molecule is Fc1c(F)c(C(F)(F)F)c(F)c(F)c1NN=Cc1cc(I)cc(I)c1OCc1ccc(Cl)cc1Cl. The Balaban J connectivity index is 1.91. The molecule has 0 radical (unpaired) electrons. The normalized spacial score (nSPS) is 11.9. The van der Waals surface area contributed by atoms with Crippen molar-refractivity contribution in [3.05, 3.63) is 87.5 Å². The van der Waals surface area contributed by atoms with Crippen molar-refractivity contribution in [1.29, 1.82) is 0 Å². The molecule has 0 amide bonds. The molecule has 3 rings (SSSR count). The second-order valence-corrected chi connectivity index (χ2v) is 9.96. The molecule has 0 aromatic heterocycles. The van der Waals surface area contributed by atoms with Crippen molar-refractivity contribution in [3.63, 3.8) is 0 Å². The third-order valence-electron chi connectivity index (χ3n) is 4.35. The summed E-state index contributed by atoms with van der Waals surface area (Å²) in [5, 5.41) is 4.32. The molecule has 0 atom stereocenters. The fourth-order valence-electron chi connectivity index (χ4n) is 2.76. The monoisotopic (exact) mass is 762 g/mol. The second-order valence-electron chi connectivity index (χ2n) is 6.70. The van der Waals surface area contributed by atoms with Gasteiger partial charge in [-0.15, -0.1) is 0 Å². The van der Waals surface area contributed by atoms with Crippen LogP contribution in [0.1, 0.15) is 16.7 Å². The molecule has 0 aliphatic carbocycles. The highest BCUT2D eigenvalue weighted by molar-refractivity contribution is 14.1. The molecule has 14 heteroatoms. The molecule has 0 fully saturated rings. The number of ether oxygens (including phenoxy) is 1. The van der Waals surface area contributed by atoms with Gasteiger partial charge in [-0.2, -0.15) is 18.3 Å². The summed E-state index contributed by atoms with van der Waals surface area (Å²) >= 11 is 16.0. The molecule has 0 saturated heterocycles. The van der Waals surface area contributed by atoms with Crippen LogP contribution in [0.4, 0.5) is 36.4 Å². The number of hydrogen-bond donors (Lipinski definition) is 1. The van der Waals surface area contributed by atoms with Crippen molar-refractivity contribution >= 4 is 80.3 Å². The lowest BCUT2D eigenvalue weighted by Gasteiger charge is -2.14. The second kappa shape index (κ2) is 11.3. The Morgan fingerprint density at radius 2 is 1.57 bits per heavy atom. The molecule has 3 aromatic rings. The zero-order chi connectivity index (χ0) is 26.1. The molecule has 0 bridgehead atoms. The van der Waals surface area contributed by atoms with Crippen LogP contribution in [0.3, 0.4) is 0 Å².